The summed E-state index contributed by atoms with van der Waals surface area (Å²) in [6, 6.07) is 11.9. The Labute approximate surface area is 439 Å². The van der Waals surface area contributed by atoms with Crippen molar-refractivity contribution in [3.63, 3.8) is 0 Å². The van der Waals surface area contributed by atoms with Crippen LogP contribution in [0, 0.1) is 5.92 Å². The lowest BCUT2D eigenvalue weighted by atomic mass is 10.0. The minimum absolute atomic E-state index is 0.0469. The van der Waals surface area contributed by atoms with E-state index in [2.05, 4.69) is 51.8 Å². The van der Waals surface area contributed by atoms with E-state index in [9.17, 15) is 43.5 Å². The third-order valence-electron chi connectivity index (χ3n) is 12.3. The summed E-state index contributed by atoms with van der Waals surface area (Å²) >= 11 is 0. The molecule has 6 rings (SSSR count). The van der Waals surface area contributed by atoms with Crippen molar-refractivity contribution in [2.45, 2.75) is 83.5 Å². The van der Waals surface area contributed by atoms with Crippen LogP contribution in [0.4, 0.5) is 32.5 Å². The molecule has 4 aromatic rings. The highest BCUT2D eigenvalue weighted by atomic mass is 16.5. The molecule has 0 saturated carbocycles. The number of aliphatic hydroxyl groups excluding tert-OH is 1. The predicted octanol–water partition coefficient (Wildman–Crippen LogP) is 2.54. The number of urea groups is 1. The summed E-state index contributed by atoms with van der Waals surface area (Å²) in [5.41, 5.74) is 15.3. The molecule has 11 N–H and O–H groups in total. The van der Waals surface area contributed by atoms with E-state index in [4.69, 9.17) is 20.9 Å². The van der Waals surface area contributed by atoms with Crippen molar-refractivity contribution in [2.75, 3.05) is 67.3 Å². The monoisotopic (exact) mass is 1050 g/mol. The first-order valence-electron chi connectivity index (χ1n) is 25.0. The zero-order chi connectivity index (χ0) is 54.6. The fraction of sp³-hybridized carbons (Fsp3) is 0.404. The van der Waals surface area contributed by atoms with Crippen molar-refractivity contribution >= 4 is 70.4 Å². The van der Waals surface area contributed by atoms with Gasteiger partial charge < -0.3 is 62.8 Å². The second-order valence-electron chi connectivity index (χ2n) is 18.4. The number of rotatable bonds is 26. The topological polar surface area (TPSA) is 345 Å². The fourth-order valence-corrected chi connectivity index (χ4v) is 8.19. The van der Waals surface area contributed by atoms with E-state index >= 15 is 0 Å². The molecule has 2 aliphatic rings. The van der Waals surface area contributed by atoms with Crippen molar-refractivity contribution in [1.82, 2.24) is 41.1 Å². The van der Waals surface area contributed by atoms with Gasteiger partial charge in [0.15, 0.2) is 11.5 Å². The first kappa shape index (κ1) is 56.8. The molecular weight excluding hydrogens is 983 g/mol. The van der Waals surface area contributed by atoms with E-state index in [0.29, 0.717) is 73.8 Å². The number of carbonyl (C=O) groups is 8. The summed E-state index contributed by atoms with van der Waals surface area (Å²) < 4.78 is 10.9. The molecule has 2 aliphatic heterocycles. The van der Waals surface area contributed by atoms with Gasteiger partial charge >= 0.3 is 12.1 Å². The van der Waals surface area contributed by atoms with E-state index < -0.39 is 48.0 Å². The Hall–Kier alpha value is -8.51. The number of morpholine rings is 1. The fourth-order valence-electron chi connectivity index (χ4n) is 8.19. The van der Waals surface area contributed by atoms with Crippen LogP contribution in [-0.4, -0.2) is 137 Å². The molecule has 404 valence electrons. The number of nitrogens with two attached hydrogens (primary N) is 2. The van der Waals surface area contributed by atoms with Gasteiger partial charge in [-0.25, -0.2) is 19.6 Å². The van der Waals surface area contributed by atoms with Crippen LogP contribution in [-0.2, 0) is 46.5 Å². The Bertz CT molecular complexity index is 2700. The molecular formula is C52H65N13O11. The maximum absolute atomic E-state index is 13.6. The number of hydrogen-bond donors (Lipinski definition) is 9. The summed E-state index contributed by atoms with van der Waals surface area (Å²) in [5, 5.41) is 26.4. The van der Waals surface area contributed by atoms with Crippen molar-refractivity contribution in [3.8, 4) is 11.3 Å². The Kier molecular flexibility index (Phi) is 21.1. The van der Waals surface area contributed by atoms with Crippen molar-refractivity contribution in [3.05, 3.63) is 102 Å². The number of nitrogens with zero attached hydrogens (tertiary/aromatic N) is 5. The number of ether oxygens (including phenoxy) is 2. The number of benzene rings is 2. The molecule has 76 heavy (non-hydrogen) atoms. The summed E-state index contributed by atoms with van der Waals surface area (Å²) in [7, 11) is 0. The Morgan fingerprint density at radius 3 is 2.22 bits per heavy atom. The molecule has 1 saturated heterocycles. The van der Waals surface area contributed by atoms with E-state index in [1.165, 1.54) is 18.3 Å². The lowest BCUT2D eigenvalue weighted by Gasteiger charge is -2.30. The second kappa shape index (κ2) is 28.2. The number of carbonyl (C=O) groups excluding carboxylic acids is 8. The predicted molar refractivity (Wildman–Crippen MR) is 280 cm³/mol. The standard InChI is InChI=1S/C52H65N13O11/c1-32(2)45(63-42(67)8-4-3-5-22-65-43(68)17-18-44(65)69)49(71)61-38(7-6-20-56-51(54)73)48(70)58-36-15-11-34(12-16-36)31-76-52(74)59-37(30-66)27-33-9-13-35(14-10-33)39-29-57-47(53)46(60-39)50(72)62-40-28-55-21-19-41(40)64-23-25-75-26-24-64/h9-19,21,28-29,32,37-38,45,66H,3-8,20,22-27,30-31H2,1-2H3,(H2,53,57)(H,58,70)(H,59,74)(H,61,71)(H,62,72)(H,63,67)(H3,54,56,73)/t37-,38+,45+/m1/s1. The van der Waals surface area contributed by atoms with Crippen LogP contribution in [0.5, 0.6) is 0 Å². The number of primary amides is 1. The molecule has 0 aliphatic carbocycles. The van der Waals surface area contributed by atoms with Crippen LogP contribution >= 0.6 is 0 Å². The first-order valence-corrected chi connectivity index (χ1v) is 25.0. The molecule has 9 amide bonds. The third kappa shape index (κ3) is 17.0. The van der Waals surface area contributed by atoms with E-state index in [1.807, 2.05) is 6.07 Å². The molecule has 2 aromatic heterocycles. The summed E-state index contributed by atoms with van der Waals surface area (Å²) in [4.78, 5) is 117. The zero-order valence-electron chi connectivity index (χ0n) is 42.4. The third-order valence-corrected chi connectivity index (χ3v) is 12.3. The van der Waals surface area contributed by atoms with Crippen LogP contribution in [0.1, 0.15) is 74.0 Å². The van der Waals surface area contributed by atoms with Crippen molar-refractivity contribution < 1.29 is 52.9 Å². The van der Waals surface area contributed by atoms with E-state index in [0.717, 1.165) is 16.2 Å². The maximum atomic E-state index is 13.6. The van der Waals surface area contributed by atoms with Gasteiger partial charge in [0.05, 0.1) is 55.3 Å². The number of nitrogen functional groups attached to an aromatic ring is 1. The number of pyridine rings is 1. The molecule has 0 spiro atoms. The average molecular weight is 1050 g/mol. The molecule has 3 atom stereocenters. The second-order valence-corrected chi connectivity index (χ2v) is 18.4. The molecule has 2 aromatic carbocycles. The Morgan fingerprint density at radius 1 is 0.829 bits per heavy atom. The SMILES string of the molecule is CC(C)[C@H](NC(=O)CCCCCN1C(=O)C=CC1=O)C(=O)N[C@@H](CCCNC(N)=O)C(=O)Nc1ccc(COC(=O)N[C@@H](CO)Cc2ccc(-c3cnc(N)c(C(=O)Nc4cnccc4N4CCOCC4)n3)cc2)cc1. The number of anilines is 4. The highest BCUT2D eigenvalue weighted by Gasteiger charge is 2.29. The van der Waals surface area contributed by atoms with Crippen molar-refractivity contribution in [1.29, 1.82) is 0 Å². The first-order chi connectivity index (χ1) is 36.6. The summed E-state index contributed by atoms with van der Waals surface area (Å²) in [6.45, 7) is 5.82. The van der Waals surface area contributed by atoms with Gasteiger partial charge in [0.2, 0.25) is 17.7 Å². The highest BCUT2D eigenvalue weighted by Crippen LogP contribution is 2.27. The number of imide groups is 1. The highest BCUT2D eigenvalue weighted by molar-refractivity contribution is 6.13. The molecule has 24 heteroatoms. The number of alkyl carbamates (subject to hydrolysis) is 1. The van der Waals surface area contributed by atoms with Gasteiger partial charge in [-0.15, -0.1) is 0 Å². The van der Waals surface area contributed by atoms with Crippen LogP contribution in [0.25, 0.3) is 11.3 Å². The van der Waals surface area contributed by atoms with Crippen LogP contribution in [0.2, 0.25) is 0 Å². The molecule has 1 fully saturated rings. The van der Waals surface area contributed by atoms with Gasteiger partial charge in [0, 0.05) is 62.2 Å². The number of unbranched alkanes of at least 4 members (excludes halogenated alkanes) is 2. The lowest BCUT2D eigenvalue weighted by Crippen LogP contribution is -2.54. The van der Waals surface area contributed by atoms with Crippen LogP contribution in [0.15, 0.2) is 85.3 Å². The van der Waals surface area contributed by atoms with Crippen molar-refractivity contribution in [2.24, 2.45) is 11.7 Å². The lowest BCUT2D eigenvalue weighted by molar-refractivity contribution is -0.137. The van der Waals surface area contributed by atoms with Crippen LogP contribution < -0.4 is 48.3 Å². The number of aromatic nitrogens is 3. The summed E-state index contributed by atoms with van der Waals surface area (Å²) in [6.07, 6.45) is 8.64. The molecule has 4 heterocycles. The minimum Gasteiger partial charge on any atom is -0.445 e. The molecule has 24 nitrogen and oxygen atoms in total. The number of nitrogens with one attached hydrogen (secondary N) is 6. The Balaban J connectivity index is 0.961. The number of aliphatic hydroxyl groups is 1. The molecule has 0 unspecified atom stereocenters. The van der Waals surface area contributed by atoms with Gasteiger partial charge in [0.1, 0.15) is 18.7 Å². The van der Waals surface area contributed by atoms with Crippen LogP contribution in [0.3, 0.4) is 0 Å². The average Bonchev–Trinajstić information content (AvgIpc) is 3.73. The van der Waals surface area contributed by atoms with E-state index in [-0.39, 0.29) is 87.1 Å². The zero-order valence-corrected chi connectivity index (χ0v) is 42.4. The molecule has 0 bridgehead atoms. The van der Waals surface area contributed by atoms with Gasteiger partial charge in [-0.1, -0.05) is 56.7 Å². The largest absolute Gasteiger partial charge is 0.445 e. The quantitative estimate of drug-likeness (QED) is 0.0322. The minimum atomic E-state index is -1.07. The van der Waals surface area contributed by atoms with E-state index in [1.54, 1.807) is 74.8 Å². The van der Waals surface area contributed by atoms with Gasteiger partial charge in [-0.2, -0.15) is 0 Å². The summed E-state index contributed by atoms with van der Waals surface area (Å²) in [5.74, 6) is -3.19. The maximum Gasteiger partial charge on any atom is 0.407 e. The smallest absolute Gasteiger partial charge is 0.407 e. The number of hydrogen-bond acceptors (Lipinski definition) is 16. The van der Waals surface area contributed by atoms with Gasteiger partial charge in [0.25, 0.3) is 17.7 Å². The van der Waals surface area contributed by atoms with Gasteiger partial charge in [-0.3, -0.25) is 38.7 Å². The normalized spacial score (nSPS) is 14.4. The Morgan fingerprint density at radius 2 is 1.54 bits per heavy atom. The number of amides is 9. The molecule has 0 radical (unpaired) electrons. The van der Waals surface area contributed by atoms with Gasteiger partial charge in [-0.05, 0) is 67.3 Å².